The van der Waals surface area contributed by atoms with Gasteiger partial charge in [-0.25, -0.2) is 4.79 Å². The van der Waals surface area contributed by atoms with Gasteiger partial charge in [0.1, 0.15) is 0 Å². The third-order valence-electron chi connectivity index (χ3n) is 1.65. The molecule has 5 N–H and O–H groups in total. The number of aromatic amines is 1. The van der Waals surface area contributed by atoms with Crippen molar-refractivity contribution in [3.63, 3.8) is 0 Å². The average molecular weight is 229 g/mol. The van der Waals surface area contributed by atoms with Crippen molar-refractivity contribution in [2.75, 3.05) is 19.4 Å². The summed E-state index contributed by atoms with van der Waals surface area (Å²) in [5.74, 6) is -1.64. The van der Waals surface area contributed by atoms with Crippen molar-refractivity contribution in [3.8, 4) is 0 Å². The van der Waals surface area contributed by atoms with Crippen molar-refractivity contribution in [1.29, 1.82) is 0 Å². The van der Waals surface area contributed by atoms with Gasteiger partial charge >= 0.3 is 5.97 Å². The molecule has 0 aliphatic heterocycles. The van der Waals surface area contributed by atoms with Crippen molar-refractivity contribution in [1.82, 2.24) is 20.5 Å². The van der Waals surface area contributed by atoms with Crippen LogP contribution >= 0.6 is 0 Å². The van der Waals surface area contributed by atoms with Crippen LogP contribution in [0.25, 0.3) is 0 Å². The van der Waals surface area contributed by atoms with Gasteiger partial charge in [0.2, 0.25) is 11.8 Å². The first-order valence-electron chi connectivity index (χ1n) is 4.26. The quantitative estimate of drug-likeness (QED) is 0.423. The number of nitrogens with one attached hydrogen (secondary N) is 2. The number of nitrogen functional groups attached to an aromatic ring is 1. The fourth-order valence-electron chi connectivity index (χ4n) is 0.869. The highest BCUT2D eigenvalue weighted by atomic mass is 16.5. The second-order valence-electron chi connectivity index (χ2n) is 2.79. The van der Waals surface area contributed by atoms with Gasteiger partial charge in [0.15, 0.2) is 6.10 Å². The second kappa shape index (κ2) is 5.07. The maximum Gasteiger partial charge on any atom is 0.336 e. The van der Waals surface area contributed by atoms with E-state index in [2.05, 4.69) is 25.2 Å². The van der Waals surface area contributed by atoms with E-state index in [0.29, 0.717) is 0 Å². The molecule has 0 saturated heterocycles. The number of rotatable bonds is 4. The lowest BCUT2D eigenvalue weighted by Gasteiger charge is -2.08. The maximum absolute atomic E-state index is 11.3. The molecule has 0 saturated carbocycles. The normalized spacial score (nSPS) is 11.9. The van der Waals surface area contributed by atoms with E-state index in [1.165, 1.54) is 0 Å². The van der Waals surface area contributed by atoms with Gasteiger partial charge in [-0.2, -0.15) is 4.98 Å². The van der Waals surface area contributed by atoms with E-state index in [1.807, 2.05) is 0 Å². The molecular weight excluding hydrogens is 218 g/mol. The van der Waals surface area contributed by atoms with E-state index < -0.39 is 18.0 Å². The Bertz CT molecular complexity index is 390. The molecule has 0 aromatic carbocycles. The Morgan fingerprint density at radius 1 is 1.69 bits per heavy atom. The number of carbonyl (C=O) groups excluding carboxylic acids is 2. The zero-order valence-electron chi connectivity index (χ0n) is 8.43. The number of hydrogen-bond acceptors (Lipinski definition) is 7. The van der Waals surface area contributed by atoms with E-state index in [0.717, 1.165) is 7.11 Å². The first-order chi connectivity index (χ1) is 7.54. The van der Waals surface area contributed by atoms with Crippen LogP contribution in [-0.2, 0) is 9.53 Å². The van der Waals surface area contributed by atoms with Crippen molar-refractivity contribution in [3.05, 3.63) is 5.82 Å². The number of amides is 1. The number of carbonyl (C=O) groups is 2. The van der Waals surface area contributed by atoms with Crippen molar-refractivity contribution in [2.24, 2.45) is 0 Å². The van der Waals surface area contributed by atoms with Gasteiger partial charge in [-0.3, -0.25) is 9.89 Å². The van der Waals surface area contributed by atoms with Crippen LogP contribution < -0.4 is 11.1 Å². The monoisotopic (exact) mass is 229 g/mol. The molecule has 9 nitrogen and oxygen atoms in total. The van der Waals surface area contributed by atoms with Gasteiger partial charge in [-0.1, -0.05) is 0 Å². The summed E-state index contributed by atoms with van der Waals surface area (Å²) in [6.07, 6.45) is -1.42. The first kappa shape index (κ1) is 11.9. The number of anilines is 1. The van der Waals surface area contributed by atoms with Gasteiger partial charge in [-0.05, 0) is 0 Å². The standard InChI is InChI=1S/C7H11N5O4/c1-16-6(15)3(13)2-9-5(14)4-10-7(8)12-11-4/h3,13H,2H2,1H3,(H,9,14)(H3,8,10,11,12). The van der Waals surface area contributed by atoms with Crippen LogP contribution in [-0.4, -0.2) is 51.9 Å². The first-order valence-corrected chi connectivity index (χ1v) is 4.26. The van der Waals surface area contributed by atoms with Crippen molar-refractivity contribution in [2.45, 2.75) is 6.10 Å². The lowest BCUT2D eigenvalue weighted by atomic mass is 10.3. The van der Waals surface area contributed by atoms with Gasteiger partial charge in [0, 0.05) is 0 Å². The van der Waals surface area contributed by atoms with E-state index in [9.17, 15) is 9.59 Å². The molecule has 0 bridgehead atoms. The maximum atomic E-state index is 11.3. The number of nitrogens with two attached hydrogens (primary N) is 1. The van der Waals surface area contributed by atoms with Gasteiger partial charge < -0.3 is 20.9 Å². The molecule has 1 aromatic rings. The summed E-state index contributed by atoms with van der Waals surface area (Å²) in [5, 5.41) is 17.1. The largest absolute Gasteiger partial charge is 0.467 e. The molecule has 1 atom stereocenters. The third-order valence-corrected chi connectivity index (χ3v) is 1.65. The Hall–Kier alpha value is -2.16. The Morgan fingerprint density at radius 3 is 2.88 bits per heavy atom. The van der Waals surface area contributed by atoms with Gasteiger partial charge in [-0.15, -0.1) is 5.10 Å². The number of aliphatic hydroxyl groups excluding tert-OH is 1. The summed E-state index contributed by atoms with van der Waals surface area (Å²) in [6, 6.07) is 0. The van der Waals surface area contributed by atoms with Crippen LogP contribution in [0.1, 0.15) is 10.6 Å². The molecule has 1 heterocycles. The molecule has 0 spiro atoms. The fraction of sp³-hybridized carbons (Fsp3) is 0.429. The van der Waals surface area contributed by atoms with Crippen LogP contribution in [0.4, 0.5) is 5.95 Å². The van der Waals surface area contributed by atoms with Crippen molar-refractivity contribution < 1.29 is 19.4 Å². The van der Waals surface area contributed by atoms with E-state index in [-0.39, 0.29) is 18.3 Å². The molecular formula is C7H11N5O4. The number of methoxy groups -OCH3 is 1. The number of H-pyrrole nitrogens is 1. The molecule has 0 radical (unpaired) electrons. The lowest BCUT2D eigenvalue weighted by Crippen LogP contribution is -2.37. The molecule has 0 aliphatic rings. The average Bonchev–Trinajstić information content (AvgIpc) is 2.71. The number of aliphatic hydroxyl groups is 1. The highest BCUT2D eigenvalue weighted by Crippen LogP contribution is 1.93. The van der Waals surface area contributed by atoms with E-state index in [4.69, 9.17) is 10.8 Å². The number of esters is 1. The number of nitrogens with zero attached hydrogens (tertiary/aromatic N) is 2. The molecule has 1 rings (SSSR count). The molecule has 1 unspecified atom stereocenters. The highest BCUT2D eigenvalue weighted by molar-refractivity contribution is 5.91. The Balaban J connectivity index is 2.44. The smallest absolute Gasteiger partial charge is 0.336 e. The van der Waals surface area contributed by atoms with E-state index >= 15 is 0 Å². The summed E-state index contributed by atoms with van der Waals surface area (Å²) in [4.78, 5) is 25.7. The predicted molar refractivity (Wildman–Crippen MR) is 51.2 cm³/mol. The minimum absolute atomic E-state index is 0.0707. The summed E-state index contributed by atoms with van der Waals surface area (Å²) >= 11 is 0. The van der Waals surface area contributed by atoms with Crippen LogP contribution in [0, 0.1) is 0 Å². The summed E-state index contributed by atoms with van der Waals surface area (Å²) in [7, 11) is 1.13. The molecule has 88 valence electrons. The summed E-state index contributed by atoms with van der Waals surface area (Å²) in [5.41, 5.74) is 5.19. The Kier molecular flexibility index (Phi) is 3.78. The molecule has 1 aromatic heterocycles. The minimum Gasteiger partial charge on any atom is -0.467 e. The molecule has 16 heavy (non-hydrogen) atoms. The van der Waals surface area contributed by atoms with Gasteiger partial charge in [0.25, 0.3) is 5.91 Å². The zero-order valence-corrected chi connectivity index (χ0v) is 8.43. The summed E-state index contributed by atoms with van der Waals surface area (Å²) < 4.78 is 4.26. The van der Waals surface area contributed by atoms with Crippen LogP contribution in [0.3, 0.4) is 0 Å². The minimum atomic E-state index is -1.42. The highest BCUT2D eigenvalue weighted by Gasteiger charge is 2.18. The van der Waals surface area contributed by atoms with Crippen LogP contribution in [0.5, 0.6) is 0 Å². The fourth-order valence-corrected chi connectivity index (χ4v) is 0.869. The molecule has 1 amide bonds. The van der Waals surface area contributed by atoms with Crippen molar-refractivity contribution >= 4 is 17.8 Å². The van der Waals surface area contributed by atoms with Gasteiger partial charge in [0.05, 0.1) is 13.7 Å². The Labute approximate surface area is 90.0 Å². The summed E-state index contributed by atoms with van der Waals surface area (Å²) in [6.45, 7) is -0.286. The van der Waals surface area contributed by atoms with Crippen LogP contribution in [0.15, 0.2) is 0 Å². The zero-order chi connectivity index (χ0) is 12.1. The molecule has 0 aliphatic carbocycles. The lowest BCUT2D eigenvalue weighted by molar-refractivity contribution is -0.149. The third kappa shape index (κ3) is 2.92. The molecule has 9 heteroatoms. The Morgan fingerprint density at radius 2 is 2.38 bits per heavy atom. The predicted octanol–water partition coefficient (Wildman–Crippen LogP) is -2.35. The number of ether oxygens (including phenoxy) is 1. The topological polar surface area (TPSA) is 143 Å². The second-order valence-corrected chi connectivity index (χ2v) is 2.79. The number of hydrogen-bond donors (Lipinski definition) is 4. The number of aromatic nitrogens is 3. The molecule has 0 fully saturated rings. The SMILES string of the molecule is COC(=O)C(O)CNC(=O)c1nc(N)n[nH]1. The van der Waals surface area contributed by atoms with Crippen LogP contribution in [0.2, 0.25) is 0 Å². The van der Waals surface area contributed by atoms with E-state index in [1.54, 1.807) is 0 Å².